The molecule has 134 valence electrons. The molecule has 0 aliphatic carbocycles. The van der Waals surface area contributed by atoms with E-state index in [0.29, 0.717) is 23.3 Å². The highest BCUT2D eigenvalue weighted by atomic mass is 16.5. The molecule has 6 heteroatoms. The lowest BCUT2D eigenvalue weighted by molar-refractivity contribution is 0.130. The van der Waals surface area contributed by atoms with Gasteiger partial charge >= 0.3 is 0 Å². The van der Waals surface area contributed by atoms with E-state index < -0.39 is 0 Å². The second-order valence-corrected chi connectivity index (χ2v) is 6.77. The Balaban J connectivity index is 1.51. The summed E-state index contributed by atoms with van der Waals surface area (Å²) in [5.41, 5.74) is 1.68. The van der Waals surface area contributed by atoms with Crippen LogP contribution in [0.1, 0.15) is 25.3 Å². The first kappa shape index (κ1) is 16.4. The highest BCUT2D eigenvalue weighted by molar-refractivity contribution is 5.62. The Morgan fingerprint density at radius 3 is 2.69 bits per heavy atom. The van der Waals surface area contributed by atoms with Crippen molar-refractivity contribution in [2.75, 3.05) is 7.11 Å². The molecule has 0 radical (unpaired) electrons. The molecule has 0 atom stereocenters. The van der Waals surface area contributed by atoms with Crippen LogP contribution < -0.4 is 14.2 Å². The van der Waals surface area contributed by atoms with Gasteiger partial charge in [-0.05, 0) is 32.0 Å². The second-order valence-electron chi connectivity index (χ2n) is 6.77. The fraction of sp³-hybridized carbons (Fsp3) is 0.300. The van der Waals surface area contributed by atoms with Gasteiger partial charge in [0.1, 0.15) is 11.4 Å². The van der Waals surface area contributed by atoms with Gasteiger partial charge in [0.05, 0.1) is 12.7 Å². The van der Waals surface area contributed by atoms with Crippen LogP contribution in [0.25, 0.3) is 11.5 Å². The molecule has 0 unspecified atom stereocenters. The molecule has 1 aromatic heterocycles. The minimum Gasteiger partial charge on any atom is -0.496 e. The molecular formula is C20H20N2O4. The lowest BCUT2D eigenvalue weighted by atomic mass is 10.0. The van der Waals surface area contributed by atoms with E-state index in [1.165, 1.54) is 0 Å². The van der Waals surface area contributed by atoms with E-state index in [1.807, 2.05) is 36.4 Å². The fourth-order valence-electron chi connectivity index (χ4n) is 3.08. The Kier molecular flexibility index (Phi) is 4.03. The summed E-state index contributed by atoms with van der Waals surface area (Å²) in [4.78, 5) is 0. The van der Waals surface area contributed by atoms with Crippen LogP contribution in [0.5, 0.6) is 17.2 Å². The van der Waals surface area contributed by atoms with Gasteiger partial charge in [-0.3, -0.25) is 0 Å². The Morgan fingerprint density at radius 2 is 1.85 bits per heavy atom. The van der Waals surface area contributed by atoms with Gasteiger partial charge in [-0.2, -0.15) is 0 Å². The number of fused-ring (bicyclic) bond motifs is 1. The predicted molar refractivity (Wildman–Crippen MR) is 95.5 cm³/mol. The number of hydrogen-bond acceptors (Lipinski definition) is 6. The summed E-state index contributed by atoms with van der Waals surface area (Å²) < 4.78 is 23.0. The van der Waals surface area contributed by atoms with E-state index in [0.717, 1.165) is 23.3 Å². The van der Waals surface area contributed by atoms with Gasteiger partial charge in [0.15, 0.2) is 18.1 Å². The maximum atomic E-state index is 6.01. The molecule has 1 aliphatic rings. The number of para-hydroxylation sites is 2. The molecule has 1 aliphatic heterocycles. The van der Waals surface area contributed by atoms with E-state index in [2.05, 4.69) is 30.1 Å². The molecular weight excluding hydrogens is 332 g/mol. The van der Waals surface area contributed by atoms with Crippen molar-refractivity contribution in [3.05, 3.63) is 53.9 Å². The first-order chi connectivity index (χ1) is 12.6. The largest absolute Gasteiger partial charge is 0.496 e. The zero-order valence-corrected chi connectivity index (χ0v) is 15.0. The Labute approximate surface area is 151 Å². The van der Waals surface area contributed by atoms with Crippen LogP contribution >= 0.6 is 0 Å². The Hall–Kier alpha value is -3.02. The number of aromatic nitrogens is 2. The van der Waals surface area contributed by atoms with Crippen molar-refractivity contribution < 1.29 is 18.6 Å². The summed E-state index contributed by atoms with van der Waals surface area (Å²) in [5, 5.41) is 8.16. The molecule has 0 N–H and O–H groups in total. The molecule has 3 aromatic rings. The summed E-state index contributed by atoms with van der Waals surface area (Å²) in [6, 6.07) is 13.4. The maximum absolute atomic E-state index is 6.01. The van der Waals surface area contributed by atoms with Gasteiger partial charge in [-0.15, -0.1) is 10.2 Å². The van der Waals surface area contributed by atoms with Crippen LogP contribution in [0.15, 0.2) is 46.9 Å². The van der Waals surface area contributed by atoms with Crippen molar-refractivity contribution in [1.82, 2.24) is 10.2 Å². The highest BCUT2D eigenvalue weighted by Crippen LogP contribution is 2.42. The van der Waals surface area contributed by atoms with Gasteiger partial charge in [-0.1, -0.05) is 24.3 Å². The highest BCUT2D eigenvalue weighted by Gasteiger charge is 2.32. The molecule has 0 bridgehead atoms. The first-order valence-electron chi connectivity index (χ1n) is 8.45. The topological polar surface area (TPSA) is 66.6 Å². The van der Waals surface area contributed by atoms with Gasteiger partial charge < -0.3 is 18.6 Å². The average molecular weight is 352 g/mol. The lowest BCUT2D eigenvalue weighted by Crippen LogP contribution is -2.24. The SMILES string of the molecule is COc1ccccc1-c1nnc(COc2cccc3c2OC(C)(C)C3)o1. The Morgan fingerprint density at radius 1 is 1.04 bits per heavy atom. The van der Waals surface area contributed by atoms with Crippen LogP contribution in [0, 0.1) is 0 Å². The van der Waals surface area contributed by atoms with Crippen LogP contribution in [-0.2, 0) is 13.0 Å². The van der Waals surface area contributed by atoms with E-state index in [9.17, 15) is 0 Å². The van der Waals surface area contributed by atoms with Gasteiger partial charge in [0.25, 0.3) is 11.8 Å². The normalized spacial score (nSPS) is 14.6. The zero-order valence-electron chi connectivity index (χ0n) is 15.0. The van der Waals surface area contributed by atoms with Gasteiger partial charge in [-0.25, -0.2) is 0 Å². The number of ether oxygens (including phenoxy) is 3. The van der Waals surface area contributed by atoms with Crippen molar-refractivity contribution in [2.24, 2.45) is 0 Å². The molecule has 0 fully saturated rings. The lowest BCUT2D eigenvalue weighted by Gasteiger charge is -2.18. The van der Waals surface area contributed by atoms with Gasteiger partial charge in [0, 0.05) is 12.0 Å². The summed E-state index contributed by atoms with van der Waals surface area (Å²) in [5.74, 6) is 2.95. The predicted octanol–water partition coefficient (Wildman–Crippen LogP) is 4.04. The monoisotopic (exact) mass is 352 g/mol. The van der Waals surface area contributed by atoms with Crippen LogP contribution in [0.2, 0.25) is 0 Å². The number of rotatable bonds is 5. The third-order valence-corrected chi connectivity index (χ3v) is 4.21. The van der Waals surface area contributed by atoms with Crippen LogP contribution in [0.4, 0.5) is 0 Å². The number of hydrogen-bond donors (Lipinski definition) is 0. The fourth-order valence-corrected chi connectivity index (χ4v) is 3.08. The van der Waals surface area contributed by atoms with E-state index >= 15 is 0 Å². The average Bonchev–Trinajstić information content (AvgIpc) is 3.22. The van der Waals surface area contributed by atoms with Crippen molar-refractivity contribution in [3.8, 4) is 28.7 Å². The minimum absolute atomic E-state index is 0.169. The third kappa shape index (κ3) is 3.10. The van der Waals surface area contributed by atoms with E-state index in [-0.39, 0.29) is 12.2 Å². The molecule has 0 spiro atoms. The molecule has 2 heterocycles. The van der Waals surface area contributed by atoms with Crippen molar-refractivity contribution in [1.29, 1.82) is 0 Å². The van der Waals surface area contributed by atoms with E-state index in [1.54, 1.807) is 7.11 Å². The molecule has 6 nitrogen and oxygen atoms in total. The number of methoxy groups -OCH3 is 1. The third-order valence-electron chi connectivity index (χ3n) is 4.21. The molecule has 2 aromatic carbocycles. The second kappa shape index (κ2) is 6.37. The van der Waals surface area contributed by atoms with E-state index in [4.69, 9.17) is 18.6 Å². The summed E-state index contributed by atoms with van der Waals surface area (Å²) in [6.45, 7) is 4.30. The molecule has 4 rings (SSSR count). The quantitative estimate of drug-likeness (QED) is 0.690. The van der Waals surface area contributed by atoms with Crippen LogP contribution in [0.3, 0.4) is 0 Å². The van der Waals surface area contributed by atoms with Crippen LogP contribution in [-0.4, -0.2) is 22.9 Å². The number of nitrogens with zero attached hydrogens (tertiary/aromatic N) is 2. The van der Waals surface area contributed by atoms with Crippen molar-refractivity contribution in [2.45, 2.75) is 32.5 Å². The molecule has 0 saturated heterocycles. The van der Waals surface area contributed by atoms with Crippen molar-refractivity contribution in [3.63, 3.8) is 0 Å². The molecule has 0 saturated carbocycles. The maximum Gasteiger partial charge on any atom is 0.254 e. The summed E-state index contributed by atoms with van der Waals surface area (Å²) in [7, 11) is 1.61. The smallest absolute Gasteiger partial charge is 0.254 e. The summed E-state index contributed by atoms with van der Waals surface area (Å²) in [6.07, 6.45) is 0.859. The van der Waals surface area contributed by atoms with Gasteiger partial charge in [0.2, 0.25) is 0 Å². The standard InChI is InChI=1S/C20H20N2O4/c1-20(2)11-13-7-6-10-16(18(13)26-20)24-12-17-21-22-19(25-17)14-8-4-5-9-15(14)23-3/h4-10H,11-12H2,1-3H3. The zero-order chi connectivity index (χ0) is 18.1. The van der Waals surface area contributed by atoms with Crippen molar-refractivity contribution >= 4 is 0 Å². The minimum atomic E-state index is -0.219. The molecule has 26 heavy (non-hydrogen) atoms. The number of benzene rings is 2. The summed E-state index contributed by atoms with van der Waals surface area (Å²) >= 11 is 0. The Bertz CT molecular complexity index is 933. The first-order valence-corrected chi connectivity index (χ1v) is 8.45. The molecule has 0 amide bonds.